The van der Waals surface area contributed by atoms with Gasteiger partial charge in [0.2, 0.25) is 11.8 Å². The number of hydrogen-bond acceptors (Lipinski definition) is 4. The van der Waals surface area contributed by atoms with E-state index in [1.807, 2.05) is 37.3 Å². The second-order valence-electron chi connectivity index (χ2n) is 5.10. The molecular formula is C16H22N2O4. The summed E-state index contributed by atoms with van der Waals surface area (Å²) in [7, 11) is 1.57. The van der Waals surface area contributed by atoms with Gasteiger partial charge in [-0.3, -0.25) is 9.59 Å². The average Bonchev–Trinajstić information content (AvgIpc) is 2.96. The van der Waals surface area contributed by atoms with Gasteiger partial charge in [0.05, 0.1) is 6.54 Å². The Labute approximate surface area is 130 Å². The Morgan fingerprint density at radius 2 is 2.05 bits per heavy atom. The second-order valence-corrected chi connectivity index (χ2v) is 5.10. The molecule has 0 spiro atoms. The maximum absolute atomic E-state index is 12.2. The van der Waals surface area contributed by atoms with Crippen LogP contribution in [-0.2, 0) is 14.3 Å². The summed E-state index contributed by atoms with van der Waals surface area (Å²) in [5.41, 5.74) is 0. The molecule has 1 aliphatic rings. The lowest BCUT2D eigenvalue weighted by atomic mass is 10.2. The summed E-state index contributed by atoms with van der Waals surface area (Å²) in [5, 5.41) is 2.60. The maximum atomic E-state index is 12.2. The fourth-order valence-electron chi connectivity index (χ4n) is 2.54. The molecule has 0 bridgehead atoms. The average molecular weight is 306 g/mol. The zero-order valence-corrected chi connectivity index (χ0v) is 13.0. The minimum absolute atomic E-state index is 0.0119. The van der Waals surface area contributed by atoms with Crippen molar-refractivity contribution >= 4 is 11.8 Å². The van der Waals surface area contributed by atoms with E-state index in [1.165, 1.54) is 0 Å². The van der Waals surface area contributed by atoms with Crippen LogP contribution in [0.25, 0.3) is 0 Å². The lowest BCUT2D eigenvalue weighted by molar-refractivity contribution is -0.141. The van der Waals surface area contributed by atoms with E-state index in [0.29, 0.717) is 19.6 Å². The molecule has 0 unspecified atom stereocenters. The lowest BCUT2D eigenvalue weighted by Gasteiger charge is -2.22. The number of hydrogen-bond donors (Lipinski definition) is 1. The first-order valence-corrected chi connectivity index (χ1v) is 7.46. The maximum Gasteiger partial charge on any atom is 0.249 e. The summed E-state index contributed by atoms with van der Waals surface area (Å²) < 4.78 is 11.0. The Morgan fingerprint density at radius 3 is 2.68 bits per heavy atom. The van der Waals surface area contributed by atoms with Gasteiger partial charge in [-0.05, 0) is 19.1 Å². The molecule has 0 aromatic heterocycles. The van der Waals surface area contributed by atoms with E-state index < -0.39 is 6.04 Å². The number of rotatable bonds is 6. The van der Waals surface area contributed by atoms with Gasteiger partial charge < -0.3 is 19.7 Å². The van der Waals surface area contributed by atoms with Gasteiger partial charge in [-0.15, -0.1) is 0 Å². The smallest absolute Gasteiger partial charge is 0.249 e. The number of para-hydroxylation sites is 1. The van der Waals surface area contributed by atoms with E-state index in [2.05, 4.69) is 5.32 Å². The zero-order valence-electron chi connectivity index (χ0n) is 13.0. The third-order valence-electron chi connectivity index (χ3n) is 3.61. The number of ether oxygens (including phenoxy) is 2. The quantitative estimate of drug-likeness (QED) is 0.845. The summed E-state index contributed by atoms with van der Waals surface area (Å²) in [6, 6.07) is 8.90. The summed E-state index contributed by atoms with van der Waals surface area (Å²) in [6.07, 6.45) is 0.280. The Bertz CT molecular complexity index is 506. The van der Waals surface area contributed by atoms with E-state index in [-0.39, 0.29) is 24.5 Å². The monoisotopic (exact) mass is 306 g/mol. The van der Waals surface area contributed by atoms with Crippen LogP contribution in [0.15, 0.2) is 30.3 Å². The van der Waals surface area contributed by atoms with E-state index in [1.54, 1.807) is 11.9 Å². The molecule has 120 valence electrons. The van der Waals surface area contributed by atoms with E-state index in [4.69, 9.17) is 9.47 Å². The van der Waals surface area contributed by atoms with Crippen LogP contribution >= 0.6 is 0 Å². The standard InChI is InChI=1S/C16H22N2O4/c1-3-21-11-15(19)18-10-13(9-14(18)16(20)17-2)22-12-7-5-4-6-8-12/h4-8,13-14H,3,9-11H2,1-2H3,(H,17,20)/t13-,14-/m0/s1. The minimum atomic E-state index is -0.508. The van der Waals surface area contributed by atoms with Crippen LogP contribution in [-0.4, -0.2) is 55.7 Å². The first-order valence-electron chi connectivity index (χ1n) is 7.46. The highest BCUT2D eigenvalue weighted by molar-refractivity contribution is 5.88. The van der Waals surface area contributed by atoms with Crippen LogP contribution in [0.3, 0.4) is 0 Å². The predicted octanol–water partition coefficient (Wildman–Crippen LogP) is 0.817. The number of benzene rings is 1. The summed E-state index contributed by atoms with van der Waals surface area (Å²) in [4.78, 5) is 25.7. The summed E-state index contributed by atoms with van der Waals surface area (Å²) >= 11 is 0. The molecule has 1 heterocycles. The molecule has 1 N–H and O–H groups in total. The van der Waals surface area contributed by atoms with Gasteiger partial charge in [0.1, 0.15) is 24.5 Å². The van der Waals surface area contributed by atoms with Crippen molar-refractivity contribution in [2.45, 2.75) is 25.5 Å². The number of carbonyl (C=O) groups excluding carboxylic acids is 2. The van der Waals surface area contributed by atoms with Crippen LogP contribution in [0.4, 0.5) is 0 Å². The Balaban J connectivity index is 2.04. The second kappa shape index (κ2) is 7.79. The first-order chi connectivity index (χ1) is 10.7. The normalized spacial score (nSPS) is 20.7. The molecule has 2 rings (SSSR count). The number of nitrogens with zero attached hydrogens (tertiary/aromatic N) is 1. The Kier molecular flexibility index (Phi) is 5.77. The number of nitrogens with one attached hydrogen (secondary N) is 1. The van der Waals surface area contributed by atoms with E-state index >= 15 is 0 Å². The molecule has 1 aromatic rings. The van der Waals surface area contributed by atoms with E-state index in [9.17, 15) is 9.59 Å². The molecule has 2 atom stereocenters. The van der Waals surface area contributed by atoms with Crippen LogP contribution in [0.2, 0.25) is 0 Å². The molecule has 22 heavy (non-hydrogen) atoms. The van der Waals surface area contributed by atoms with Gasteiger partial charge in [-0.2, -0.15) is 0 Å². The number of amides is 2. The van der Waals surface area contributed by atoms with Crippen LogP contribution < -0.4 is 10.1 Å². The molecule has 0 saturated carbocycles. The van der Waals surface area contributed by atoms with Crippen LogP contribution in [0.5, 0.6) is 5.75 Å². The number of likely N-dealkylation sites (tertiary alicyclic amines) is 1. The van der Waals surface area contributed by atoms with Gasteiger partial charge >= 0.3 is 0 Å². The summed E-state index contributed by atoms with van der Waals surface area (Å²) in [6.45, 7) is 2.67. The van der Waals surface area contributed by atoms with Crippen molar-refractivity contribution in [3.63, 3.8) is 0 Å². The zero-order chi connectivity index (χ0) is 15.9. The topological polar surface area (TPSA) is 67.9 Å². The largest absolute Gasteiger partial charge is 0.488 e. The fraction of sp³-hybridized carbons (Fsp3) is 0.500. The molecule has 0 radical (unpaired) electrons. The third kappa shape index (κ3) is 3.98. The van der Waals surface area contributed by atoms with Crippen molar-refractivity contribution in [1.82, 2.24) is 10.2 Å². The van der Waals surface area contributed by atoms with Crippen molar-refractivity contribution in [2.75, 3.05) is 26.8 Å². The van der Waals surface area contributed by atoms with Gasteiger partial charge in [-0.25, -0.2) is 0 Å². The lowest BCUT2D eigenvalue weighted by Crippen LogP contribution is -2.46. The molecule has 1 saturated heterocycles. The molecule has 6 nitrogen and oxygen atoms in total. The van der Waals surface area contributed by atoms with Gasteiger partial charge in [-0.1, -0.05) is 18.2 Å². The Morgan fingerprint density at radius 1 is 1.32 bits per heavy atom. The van der Waals surface area contributed by atoms with Crippen molar-refractivity contribution in [1.29, 1.82) is 0 Å². The van der Waals surface area contributed by atoms with Gasteiger partial charge in [0.25, 0.3) is 0 Å². The molecule has 1 aromatic carbocycles. The molecule has 1 fully saturated rings. The Hall–Kier alpha value is -2.08. The van der Waals surface area contributed by atoms with Crippen LogP contribution in [0.1, 0.15) is 13.3 Å². The molecule has 0 aliphatic carbocycles. The first kappa shape index (κ1) is 16.3. The highest BCUT2D eigenvalue weighted by Gasteiger charge is 2.40. The highest BCUT2D eigenvalue weighted by atomic mass is 16.5. The number of likely N-dealkylation sites (N-methyl/N-ethyl adjacent to an activating group) is 1. The number of carbonyl (C=O) groups is 2. The van der Waals surface area contributed by atoms with Gasteiger partial charge in [0.15, 0.2) is 0 Å². The van der Waals surface area contributed by atoms with Crippen LogP contribution in [0, 0.1) is 0 Å². The molecule has 2 amide bonds. The molecule has 1 aliphatic heterocycles. The molecule has 6 heteroatoms. The van der Waals surface area contributed by atoms with E-state index in [0.717, 1.165) is 5.75 Å². The highest BCUT2D eigenvalue weighted by Crippen LogP contribution is 2.23. The summed E-state index contributed by atoms with van der Waals surface area (Å²) in [5.74, 6) is 0.376. The predicted molar refractivity (Wildman–Crippen MR) is 81.5 cm³/mol. The third-order valence-corrected chi connectivity index (χ3v) is 3.61. The van der Waals surface area contributed by atoms with Crippen molar-refractivity contribution < 1.29 is 19.1 Å². The molecular weight excluding hydrogens is 284 g/mol. The fourth-order valence-corrected chi connectivity index (χ4v) is 2.54. The van der Waals surface area contributed by atoms with Crippen molar-refractivity contribution in [2.24, 2.45) is 0 Å². The van der Waals surface area contributed by atoms with Crippen molar-refractivity contribution in [3.05, 3.63) is 30.3 Å². The van der Waals surface area contributed by atoms with Crippen molar-refractivity contribution in [3.8, 4) is 5.75 Å². The van der Waals surface area contributed by atoms with Gasteiger partial charge in [0, 0.05) is 20.1 Å². The minimum Gasteiger partial charge on any atom is -0.488 e. The SMILES string of the molecule is CCOCC(=O)N1C[C@@H](Oc2ccccc2)C[C@H]1C(=O)NC.